The van der Waals surface area contributed by atoms with E-state index in [-0.39, 0.29) is 23.5 Å². The number of nitrogens with zero attached hydrogens (tertiary/aromatic N) is 3. The lowest BCUT2D eigenvalue weighted by atomic mass is 9.85. The van der Waals surface area contributed by atoms with Crippen molar-refractivity contribution in [3.8, 4) is 10.4 Å². The Kier molecular flexibility index (Phi) is 7.14. The van der Waals surface area contributed by atoms with Gasteiger partial charge in [0, 0.05) is 41.2 Å². The zero-order valence-corrected chi connectivity index (χ0v) is 20.5. The molecule has 0 spiro atoms. The first-order chi connectivity index (χ1) is 16.3. The quantitative estimate of drug-likeness (QED) is 0.367. The molecule has 174 valence electrons. The van der Waals surface area contributed by atoms with Gasteiger partial charge in [-0.05, 0) is 47.5 Å². The SMILES string of the molecule is CC(C(=O)Nc1nncs1)C(c1cccc(F)c1)c1ccc(-c2ccc(C(=O)N(C)C)cc2)s1. The van der Waals surface area contributed by atoms with Gasteiger partial charge in [-0.3, -0.25) is 9.59 Å². The maximum atomic E-state index is 14.1. The number of aromatic nitrogens is 2. The van der Waals surface area contributed by atoms with Gasteiger partial charge in [0.25, 0.3) is 5.91 Å². The third-order valence-corrected chi connectivity index (χ3v) is 7.29. The van der Waals surface area contributed by atoms with E-state index in [0.717, 1.165) is 20.9 Å². The molecule has 9 heteroatoms. The van der Waals surface area contributed by atoms with Crippen molar-refractivity contribution >= 4 is 39.6 Å². The highest BCUT2D eigenvalue weighted by molar-refractivity contribution is 7.15. The Labute approximate surface area is 205 Å². The van der Waals surface area contributed by atoms with Crippen LogP contribution in [0.2, 0.25) is 0 Å². The number of benzene rings is 2. The predicted molar refractivity (Wildman–Crippen MR) is 134 cm³/mol. The van der Waals surface area contributed by atoms with Crippen LogP contribution in [0, 0.1) is 11.7 Å². The Balaban J connectivity index is 1.65. The van der Waals surface area contributed by atoms with E-state index in [4.69, 9.17) is 0 Å². The molecule has 4 aromatic rings. The van der Waals surface area contributed by atoms with E-state index in [1.54, 1.807) is 49.1 Å². The molecule has 2 aromatic carbocycles. The number of hydrogen-bond acceptors (Lipinski definition) is 6. The van der Waals surface area contributed by atoms with Crippen LogP contribution in [0.3, 0.4) is 0 Å². The van der Waals surface area contributed by atoms with Crippen molar-refractivity contribution in [2.24, 2.45) is 5.92 Å². The van der Waals surface area contributed by atoms with Crippen LogP contribution in [0.25, 0.3) is 10.4 Å². The molecule has 34 heavy (non-hydrogen) atoms. The van der Waals surface area contributed by atoms with E-state index in [2.05, 4.69) is 15.5 Å². The highest BCUT2D eigenvalue weighted by Crippen LogP contribution is 2.40. The molecule has 2 unspecified atom stereocenters. The van der Waals surface area contributed by atoms with E-state index in [1.807, 2.05) is 37.3 Å². The van der Waals surface area contributed by atoms with Gasteiger partial charge in [-0.25, -0.2) is 4.39 Å². The number of halogens is 1. The fourth-order valence-corrected chi connectivity index (χ4v) is 5.40. The van der Waals surface area contributed by atoms with Gasteiger partial charge < -0.3 is 10.2 Å². The highest BCUT2D eigenvalue weighted by Gasteiger charge is 2.29. The number of amides is 2. The summed E-state index contributed by atoms with van der Waals surface area (Å²) in [6.07, 6.45) is 0. The van der Waals surface area contributed by atoms with Crippen LogP contribution in [-0.2, 0) is 4.79 Å². The van der Waals surface area contributed by atoms with Crippen molar-refractivity contribution in [1.29, 1.82) is 0 Å². The molecule has 2 atom stereocenters. The number of anilines is 1. The van der Waals surface area contributed by atoms with Crippen LogP contribution in [-0.4, -0.2) is 41.0 Å². The van der Waals surface area contributed by atoms with Gasteiger partial charge in [-0.1, -0.05) is 42.5 Å². The maximum Gasteiger partial charge on any atom is 0.253 e. The van der Waals surface area contributed by atoms with E-state index in [0.29, 0.717) is 10.7 Å². The van der Waals surface area contributed by atoms with E-state index < -0.39 is 5.92 Å². The average molecular weight is 495 g/mol. The number of carbonyl (C=O) groups excluding carboxylic acids is 2. The highest BCUT2D eigenvalue weighted by atomic mass is 32.1. The number of carbonyl (C=O) groups is 2. The molecule has 6 nitrogen and oxygen atoms in total. The third kappa shape index (κ3) is 5.21. The van der Waals surface area contributed by atoms with E-state index >= 15 is 0 Å². The molecule has 0 bridgehead atoms. The zero-order chi connectivity index (χ0) is 24.2. The predicted octanol–water partition coefficient (Wildman–Crippen LogP) is 5.51. The van der Waals surface area contributed by atoms with Gasteiger partial charge in [0.1, 0.15) is 11.3 Å². The molecule has 2 heterocycles. The summed E-state index contributed by atoms with van der Waals surface area (Å²) in [6.45, 7) is 1.83. The first-order valence-corrected chi connectivity index (χ1v) is 12.3. The van der Waals surface area contributed by atoms with E-state index in [9.17, 15) is 14.0 Å². The number of hydrogen-bond donors (Lipinski definition) is 1. The van der Waals surface area contributed by atoms with Gasteiger partial charge in [-0.15, -0.1) is 21.5 Å². The van der Waals surface area contributed by atoms with Crippen molar-refractivity contribution in [2.75, 3.05) is 19.4 Å². The Morgan fingerprint density at radius 3 is 2.47 bits per heavy atom. The molecule has 4 rings (SSSR count). The summed E-state index contributed by atoms with van der Waals surface area (Å²) in [4.78, 5) is 28.7. The normalized spacial score (nSPS) is 12.7. The van der Waals surface area contributed by atoms with Crippen LogP contribution in [0.4, 0.5) is 9.52 Å². The molecule has 0 aliphatic heterocycles. The molecule has 2 amide bonds. The lowest BCUT2D eigenvalue weighted by Gasteiger charge is -2.22. The fraction of sp³-hybridized carbons (Fsp3) is 0.200. The Morgan fingerprint density at radius 2 is 1.82 bits per heavy atom. The van der Waals surface area contributed by atoms with Gasteiger partial charge in [-0.2, -0.15) is 0 Å². The van der Waals surface area contributed by atoms with Gasteiger partial charge in [0.15, 0.2) is 0 Å². The standard InChI is InChI=1S/C25H23FN4O2S2/c1-15(23(31)28-25-29-27-14-33-25)22(18-5-4-6-19(26)13-18)21-12-11-20(34-21)16-7-9-17(10-8-16)24(32)30(2)3/h4-15,22H,1-3H3,(H,28,29,31). The second-order valence-electron chi connectivity index (χ2n) is 8.03. The summed E-state index contributed by atoms with van der Waals surface area (Å²) >= 11 is 2.79. The molecule has 0 fully saturated rings. The minimum absolute atomic E-state index is 0.0557. The van der Waals surface area contributed by atoms with Crippen LogP contribution >= 0.6 is 22.7 Å². The van der Waals surface area contributed by atoms with Crippen molar-refractivity contribution in [3.05, 3.63) is 88.0 Å². The van der Waals surface area contributed by atoms with Gasteiger partial charge in [0.05, 0.1) is 0 Å². The van der Waals surface area contributed by atoms with Gasteiger partial charge in [0.2, 0.25) is 11.0 Å². The zero-order valence-electron chi connectivity index (χ0n) is 18.9. The second kappa shape index (κ2) is 10.2. The van der Waals surface area contributed by atoms with Crippen molar-refractivity contribution < 1.29 is 14.0 Å². The second-order valence-corrected chi connectivity index (χ2v) is 9.98. The fourth-order valence-electron chi connectivity index (χ4n) is 3.71. The van der Waals surface area contributed by atoms with Crippen LogP contribution in [0.5, 0.6) is 0 Å². The maximum absolute atomic E-state index is 14.1. The molecule has 1 N–H and O–H groups in total. The molecule has 2 aromatic heterocycles. The number of nitrogens with one attached hydrogen (secondary N) is 1. The van der Waals surface area contributed by atoms with Crippen molar-refractivity contribution in [3.63, 3.8) is 0 Å². The summed E-state index contributed by atoms with van der Waals surface area (Å²) in [6, 6.07) is 17.8. The minimum Gasteiger partial charge on any atom is -0.345 e. The summed E-state index contributed by atoms with van der Waals surface area (Å²) in [5, 5.41) is 10.9. The Morgan fingerprint density at radius 1 is 1.06 bits per heavy atom. The molecule has 0 aliphatic carbocycles. The summed E-state index contributed by atoms with van der Waals surface area (Å²) in [5.74, 6) is -1.46. The topological polar surface area (TPSA) is 75.2 Å². The molecular weight excluding hydrogens is 471 g/mol. The molecular formula is C25H23FN4O2S2. The number of rotatable bonds is 7. The summed E-state index contributed by atoms with van der Waals surface area (Å²) in [5.41, 5.74) is 3.86. The van der Waals surface area contributed by atoms with Crippen LogP contribution in [0.1, 0.15) is 33.6 Å². The average Bonchev–Trinajstić information content (AvgIpc) is 3.51. The van der Waals surface area contributed by atoms with Crippen molar-refractivity contribution in [2.45, 2.75) is 12.8 Å². The lowest BCUT2D eigenvalue weighted by Crippen LogP contribution is -2.26. The van der Waals surface area contributed by atoms with E-state index in [1.165, 1.54) is 28.4 Å². The van der Waals surface area contributed by atoms with Crippen LogP contribution in [0.15, 0.2) is 66.2 Å². The molecule has 0 aliphatic rings. The smallest absolute Gasteiger partial charge is 0.253 e. The lowest BCUT2D eigenvalue weighted by molar-refractivity contribution is -0.119. The molecule has 0 radical (unpaired) electrons. The minimum atomic E-state index is -0.489. The summed E-state index contributed by atoms with van der Waals surface area (Å²) in [7, 11) is 3.44. The monoisotopic (exact) mass is 494 g/mol. The Hall–Kier alpha value is -3.43. The van der Waals surface area contributed by atoms with Crippen molar-refractivity contribution in [1.82, 2.24) is 15.1 Å². The first-order valence-electron chi connectivity index (χ1n) is 10.6. The summed E-state index contributed by atoms with van der Waals surface area (Å²) < 4.78 is 14.1. The first kappa shape index (κ1) is 23.7. The van der Waals surface area contributed by atoms with Gasteiger partial charge >= 0.3 is 0 Å². The molecule has 0 saturated heterocycles. The largest absolute Gasteiger partial charge is 0.345 e. The molecule has 0 saturated carbocycles. The Bertz CT molecular complexity index is 1290. The number of thiophene rings is 1. The van der Waals surface area contributed by atoms with Crippen LogP contribution < -0.4 is 5.32 Å². The third-order valence-electron chi connectivity index (χ3n) is 5.47.